The Hall–Kier alpha value is -1.80. The van der Waals surface area contributed by atoms with Gasteiger partial charge in [0, 0.05) is 5.56 Å². The van der Waals surface area contributed by atoms with E-state index in [0.717, 1.165) is 0 Å². The molecule has 152 valence electrons. The van der Waals surface area contributed by atoms with E-state index in [1.807, 2.05) is 0 Å². The third-order valence-electron chi connectivity index (χ3n) is 3.04. The first-order valence-electron chi connectivity index (χ1n) is 8.67. The summed E-state index contributed by atoms with van der Waals surface area (Å²) in [6, 6.07) is 3.99. The van der Waals surface area contributed by atoms with Gasteiger partial charge in [-0.05, 0) is 66.7 Å². The van der Waals surface area contributed by atoms with Crippen LogP contribution in [0.2, 0.25) is 0 Å². The molecule has 1 aromatic carbocycles. The Morgan fingerprint density at radius 1 is 1.33 bits per heavy atom. The third-order valence-corrected chi connectivity index (χ3v) is 4.39. The molecule has 0 aliphatic carbocycles. The first-order chi connectivity index (χ1) is 12.3. The Morgan fingerprint density at radius 2 is 1.96 bits per heavy atom. The molecule has 0 unspecified atom stereocenters. The van der Waals surface area contributed by atoms with E-state index in [0.29, 0.717) is 11.3 Å². The highest BCUT2D eigenvalue weighted by molar-refractivity contribution is 7.91. The van der Waals surface area contributed by atoms with Crippen LogP contribution in [0.4, 0.5) is 9.18 Å². The highest BCUT2D eigenvalue weighted by Gasteiger charge is 2.26. The fourth-order valence-electron chi connectivity index (χ4n) is 1.79. The van der Waals surface area contributed by atoms with Crippen LogP contribution in [-0.4, -0.2) is 39.9 Å². The van der Waals surface area contributed by atoms with Crippen LogP contribution >= 0.6 is 0 Å². The van der Waals surface area contributed by atoms with Gasteiger partial charge in [0.1, 0.15) is 39.4 Å². The van der Waals surface area contributed by atoms with E-state index in [9.17, 15) is 13.7 Å². The highest BCUT2D eigenvalue weighted by atomic mass is 32.2. The Morgan fingerprint density at radius 3 is 2.52 bits per heavy atom. The van der Waals surface area contributed by atoms with Gasteiger partial charge >= 0.3 is 6.09 Å². The van der Waals surface area contributed by atoms with Gasteiger partial charge in [-0.3, -0.25) is 0 Å². The van der Waals surface area contributed by atoms with Gasteiger partial charge in [0.2, 0.25) is 0 Å². The van der Waals surface area contributed by atoms with Crippen molar-refractivity contribution in [3.8, 4) is 5.75 Å². The van der Waals surface area contributed by atoms with Gasteiger partial charge in [0.05, 0.1) is 12.8 Å². The number of halogens is 1. The molecule has 0 spiro atoms. The zero-order valence-corrected chi connectivity index (χ0v) is 17.8. The van der Waals surface area contributed by atoms with Crippen LogP contribution in [0.25, 0.3) is 0 Å². The summed E-state index contributed by atoms with van der Waals surface area (Å²) in [5, 5.41) is 2.62. The maximum absolute atomic E-state index is 13.6. The lowest BCUT2D eigenvalue weighted by Gasteiger charge is -2.21. The number of carbonyl (C=O) groups excluding carboxylic acids is 1. The quantitative estimate of drug-likeness (QED) is 0.578. The first kappa shape index (κ1) is 23.2. The van der Waals surface area contributed by atoms with Crippen LogP contribution in [0.15, 0.2) is 22.6 Å². The lowest BCUT2D eigenvalue weighted by atomic mass is 10.2. The Kier molecular flexibility index (Phi) is 8.10. The first-order valence-corrected chi connectivity index (χ1v) is 9.78. The number of carbonyl (C=O) groups is 1. The van der Waals surface area contributed by atoms with Crippen molar-refractivity contribution in [2.24, 2.45) is 4.40 Å². The summed E-state index contributed by atoms with van der Waals surface area (Å²) >= 11 is -1.47. The van der Waals surface area contributed by atoms with E-state index < -0.39 is 39.7 Å². The molecule has 8 heteroatoms. The standard InChI is InChI=1S/C19H29FN2O4S/c1-13(11-21-17(23)26-18(2,3)4)25-16-9-8-15(20)10-14(16)12-22-27(24)19(5,6)7/h8-10,12-13H,11H2,1-7H3,(H,21,23)/b22-12+/t13-,27+/m0/s1. The van der Waals surface area contributed by atoms with Crippen molar-refractivity contribution in [2.75, 3.05) is 6.54 Å². The van der Waals surface area contributed by atoms with E-state index in [2.05, 4.69) is 9.71 Å². The molecule has 0 radical (unpaired) electrons. The van der Waals surface area contributed by atoms with Crippen molar-refractivity contribution >= 4 is 23.7 Å². The number of hydrogen-bond acceptors (Lipinski definition) is 5. The molecule has 6 nitrogen and oxygen atoms in total. The lowest BCUT2D eigenvalue weighted by molar-refractivity contribution is 0.0505. The number of ether oxygens (including phenoxy) is 2. The number of hydrogen-bond donors (Lipinski definition) is 1. The number of benzene rings is 1. The monoisotopic (exact) mass is 400 g/mol. The van der Waals surface area contributed by atoms with Crippen LogP contribution in [0.3, 0.4) is 0 Å². The summed E-state index contributed by atoms with van der Waals surface area (Å²) in [6.07, 6.45) is 0.399. The predicted molar refractivity (Wildman–Crippen MR) is 106 cm³/mol. The Bertz CT molecular complexity index is 669. The highest BCUT2D eigenvalue weighted by Crippen LogP contribution is 2.22. The van der Waals surface area contributed by atoms with E-state index in [1.54, 1.807) is 48.5 Å². The summed E-state index contributed by atoms with van der Waals surface area (Å²) in [4.78, 5) is 11.7. The van der Waals surface area contributed by atoms with E-state index >= 15 is 0 Å². The lowest BCUT2D eigenvalue weighted by Crippen LogP contribution is -2.37. The molecule has 0 aromatic heterocycles. The van der Waals surface area contributed by atoms with Gasteiger partial charge in [0.25, 0.3) is 0 Å². The minimum Gasteiger partial charge on any atom is -0.591 e. The minimum atomic E-state index is -1.47. The number of rotatable bonds is 6. The van der Waals surface area contributed by atoms with E-state index in [1.165, 1.54) is 24.4 Å². The van der Waals surface area contributed by atoms with Crippen LogP contribution in [-0.2, 0) is 16.1 Å². The van der Waals surface area contributed by atoms with E-state index in [4.69, 9.17) is 9.47 Å². The fourth-order valence-corrected chi connectivity index (χ4v) is 2.32. The Balaban J connectivity index is 2.77. The molecule has 0 saturated carbocycles. The summed E-state index contributed by atoms with van der Waals surface area (Å²) in [5.74, 6) is -0.0746. The minimum absolute atomic E-state index is 0.205. The largest absolute Gasteiger partial charge is 0.591 e. The van der Waals surface area contributed by atoms with Gasteiger partial charge in [-0.25, -0.2) is 9.18 Å². The molecule has 0 saturated heterocycles. The van der Waals surface area contributed by atoms with Gasteiger partial charge in [-0.15, -0.1) is 0 Å². The summed E-state index contributed by atoms with van der Waals surface area (Å²) < 4.78 is 40.1. The predicted octanol–water partition coefficient (Wildman–Crippen LogP) is 4.00. The van der Waals surface area contributed by atoms with Crippen LogP contribution < -0.4 is 10.1 Å². The molecule has 2 atom stereocenters. The zero-order valence-electron chi connectivity index (χ0n) is 17.0. The maximum Gasteiger partial charge on any atom is 0.407 e. The number of alkyl carbamates (subject to hydrolysis) is 1. The molecule has 1 rings (SSSR count). The summed E-state index contributed by atoms with van der Waals surface area (Å²) in [5.41, 5.74) is -0.214. The molecule has 0 fully saturated rings. The average Bonchev–Trinajstić information content (AvgIpc) is 2.50. The van der Waals surface area contributed by atoms with Crippen molar-refractivity contribution in [1.82, 2.24) is 5.32 Å². The number of nitrogens with one attached hydrogen (secondary N) is 1. The van der Waals surface area contributed by atoms with Crippen molar-refractivity contribution < 1.29 is 23.2 Å². The smallest absolute Gasteiger partial charge is 0.407 e. The van der Waals surface area contributed by atoms with Crippen molar-refractivity contribution in [3.63, 3.8) is 0 Å². The second-order valence-corrected chi connectivity index (χ2v) is 10.0. The third kappa shape index (κ3) is 9.10. The van der Waals surface area contributed by atoms with Gasteiger partial charge in [-0.2, -0.15) is 0 Å². The molecule has 1 aromatic rings. The molecule has 0 aliphatic rings. The molecule has 27 heavy (non-hydrogen) atoms. The van der Waals surface area contributed by atoms with Crippen molar-refractivity contribution in [1.29, 1.82) is 0 Å². The van der Waals surface area contributed by atoms with Gasteiger partial charge in [0.15, 0.2) is 0 Å². The van der Waals surface area contributed by atoms with Crippen LogP contribution in [0, 0.1) is 5.82 Å². The second kappa shape index (κ2) is 9.41. The van der Waals surface area contributed by atoms with Crippen molar-refractivity contribution in [3.05, 3.63) is 29.6 Å². The van der Waals surface area contributed by atoms with Gasteiger partial charge < -0.3 is 19.3 Å². The normalized spacial score (nSPS) is 14.7. The molecule has 0 bridgehead atoms. The van der Waals surface area contributed by atoms with Gasteiger partial charge in [-0.1, -0.05) is 4.40 Å². The van der Waals surface area contributed by atoms with Crippen molar-refractivity contribution in [2.45, 2.75) is 64.9 Å². The molecular weight excluding hydrogens is 371 g/mol. The molecule has 1 N–H and O–H groups in total. The SMILES string of the molecule is C[C@@H](CNC(=O)OC(C)(C)C)Oc1ccc(F)cc1/C=N/[S@+]([O-])C(C)(C)C. The summed E-state index contributed by atoms with van der Waals surface area (Å²) in [6.45, 7) is 12.7. The molecular formula is C19H29FN2O4S. The maximum atomic E-state index is 13.6. The fraction of sp³-hybridized carbons (Fsp3) is 0.579. The van der Waals surface area contributed by atoms with E-state index in [-0.39, 0.29) is 6.54 Å². The summed E-state index contributed by atoms with van der Waals surface area (Å²) in [7, 11) is 0. The average molecular weight is 401 g/mol. The number of nitrogens with zero attached hydrogens (tertiary/aromatic N) is 1. The topological polar surface area (TPSA) is 83.0 Å². The second-order valence-electron chi connectivity index (χ2n) is 8.09. The Labute approximate surface area is 163 Å². The zero-order chi connectivity index (χ0) is 20.8. The molecule has 0 aliphatic heterocycles. The van der Waals surface area contributed by atoms with Crippen LogP contribution in [0.1, 0.15) is 54.0 Å². The number of amides is 1. The molecule has 0 heterocycles. The van der Waals surface area contributed by atoms with Crippen LogP contribution in [0.5, 0.6) is 5.75 Å². The molecule has 1 amide bonds.